The lowest BCUT2D eigenvalue weighted by Crippen LogP contribution is -1.98. The molecule has 0 aliphatic carbocycles. The Bertz CT molecular complexity index is 1780. The smallest absolute Gasteiger partial charge is 0.417 e. The molecule has 0 unspecified atom stereocenters. The quantitative estimate of drug-likeness (QED) is 0.279. The van der Waals surface area contributed by atoms with Crippen LogP contribution in [-0.4, -0.2) is 4.89 Å². The van der Waals surface area contributed by atoms with Gasteiger partial charge in [-0.05, 0) is 22.9 Å². The summed E-state index contributed by atoms with van der Waals surface area (Å²) in [5, 5.41) is 4.60. The summed E-state index contributed by atoms with van der Waals surface area (Å²) < 4.78 is 11.9. The molecule has 0 heterocycles. The van der Waals surface area contributed by atoms with E-state index >= 15 is 0 Å². The van der Waals surface area contributed by atoms with Crippen molar-refractivity contribution in [3.8, 4) is 11.5 Å². The first kappa shape index (κ1) is 22.2. The number of benzene rings is 4. The summed E-state index contributed by atoms with van der Waals surface area (Å²) in [6.07, 6.45) is 0. The minimum Gasteiger partial charge on any atom is -0.417 e. The minimum atomic E-state index is -2.47. The molecule has 0 amide bonds. The largest absolute Gasteiger partial charge is 0.460 e. The maximum absolute atomic E-state index is 13.2. The van der Waals surface area contributed by atoms with Crippen LogP contribution in [0.5, 0.6) is 11.5 Å². The fourth-order valence-electron chi connectivity index (χ4n) is 4.52. The van der Waals surface area contributed by atoms with Crippen LogP contribution >= 0.6 is 8.60 Å². The van der Waals surface area contributed by atoms with E-state index in [0.717, 1.165) is 0 Å². The molecule has 1 N–H and O–H groups in total. The van der Waals surface area contributed by atoms with Crippen LogP contribution in [-0.2, 0) is 0 Å². The van der Waals surface area contributed by atoms with Crippen molar-refractivity contribution in [3.63, 3.8) is 0 Å². The van der Waals surface area contributed by atoms with Crippen molar-refractivity contribution in [1.29, 1.82) is 0 Å². The predicted molar refractivity (Wildman–Crippen MR) is 146 cm³/mol. The van der Waals surface area contributed by atoms with Crippen molar-refractivity contribution >= 4 is 51.7 Å². The molecule has 36 heavy (non-hydrogen) atoms. The van der Waals surface area contributed by atoms with Crippen LogP contribution in [0, 0.1) is 0 Å². The molecule has 6 heteroatoms. The SMILES string of the molecule is O=c1c2ccccc2cc(OP(O)Oc2cc3ccccc3c(=O)c3ccccc23)c2ccccc12. The van der Waals surface area contributed by atoms with Gasteiger partial charge in [-0.2, -0.15) is 0 Å². The molecule has 0 saturated heterocycles. The summed E-state index contributed by atoms with van der Waals surface area (Å²) in [7, 11) is -2.47. The second-order valence-electron chi connectivity index (χ2n) is 8.36. The Morgan fingerprint density at radius 1 is 0.472 bits per heavy atom. The molecular formula is C30H19O5P. The third kappa shape index (κ3) is 3.85. The van der Waals surface area contributed by atoms with E-state index < -0.39 is 8.60 Å². The molecule has 6 aromatic carbocycles. The van der Waals surface area contributed by atoms with Crippen molar-refractivity contribution in [2.24, 2.45) is 0 Å². The van der Waals surface area contributed by atoms with E-state index in [1.54, 1.807) is 60.7 Å². The van der Waals surface area contributed by atoms with E-state index in [2.05, 4.69) is 0 Å². The first-order chi connectivity index (χ1) is 17.6. The maximum Gasteiger partial charge on any atom is 0.460 e. The van der Waals surface area contributed by atoms with E-state index in [9.17, 15) is 14.5 Å². The second kappa shape index (κ2) is 9.04. The molecule has 5 nitrogen and oxygen atoms in total. The van der Waals surface area contributed by atoms with Gasteiger partial charge in [0.25, 0.3) is 0 Å². The van der Waals surface area contributed by atoms with Gasteiger partial charge in [-0.25, -0.2) is 0 Å². The van der Waals surface area contributed by atoms with Gasteiger partial charge in [0, 0.05) is 32.3 Å². The maximum atomic E-state index is 13.2. The summed E-state index contributed by atoms with van der Waals surface area (Å²) in [6, 6.07) is 32.3. The Balaban J connectivity index is 1.49. The van der Waals surface area contributed by atoms with E-state index in [0.29, 0.717) is 54.6 Å². The van der Waals surface area contributed by atoms with Gasteiger partial charge in [0.05, 0.1) is 0 Å². The number of rotatable bonds is 4. The number of fused-ring (bicyclic) bond motifs is 4. The highest BCUT2D eigenvalue weighted by Crippen LogP contribution is 2.41. The Labute approximate surface area is 206 Å². The van der Waals surface area contributed by atoms with Gasteiger partial charge in [-0.3, -0.25) is 9.59 Å². The molecule has 0 radical (unpaired) electrons. The lowest BCUT2D eigenvalue weighted by atomic mass is 10.1. The van der Waals surface area contributed by atoms with Crippen molar-refractivity contribution < 1.29 is 13.9 Å². The summed E-state index contributed by atoms with van der Waals surface area (Å²) in [4.78, 5) is 37.3. The van der Waals surface area contributed by atoms with E-state index in [4.69, 9.17) is 9.05 Å². The zero-order valence-electron chi connectivity index (χ0n) is 18.9. The molecule has 0 fully saturated rings. The van der Waals surface area contributed by atoms with Crippen LogP contribution < -0.4 is 19.9 Å². The predicted octanol–water partition coefficient (Wildman–Crippen LogP) is 6.70. The fourth-order valence-corrected chi connectivity index (χ4v) is 5.19. The fraction of sp³-hybridized carbons (Fsp3) is 0. The van der Waals surface area contributed by atoms with Gasteiger partial charge in [0.15, 0.2) is 10.9 Å². The molecule has 0 saturated carbocycles. The zero-order valence-corrected chi connectivity index (χ0v) is 19.8. The summed E-state index contributed by atoms with van der Waals surface area (Å²) in [5.41, 5.74) is -0.232. The lowest BCUT2D eigenvalue weighted by molar-refractivity contribution is 0.385. The van der Waals surface area contributed by atoms with Crippen LogP contribution in [0.2, 0.25) is 0 Å². The minimum absolute atomic E-state index is 0.116. The van der Waals surface area contributed by atoms with Gasteiger partial charge >= 0.3 is 8.60 Å². The highest BCUT2D eigenvalue weighted by molar-refractivity contribution is 7.41. The average molecular weight is 490 g/mol. The first-order valence-electron chi connectivity index (χ1n) is 11.3. The van der Waals surface area contributed by atoms with Gasteiger partial charge in [-0.15, -0.1) is 0 Å². The first-order valence-corrected chi connectivity index (χ1v) is 12.5. The molecule has 6 aromatic rings. The Kier molecular flexibility index (Phi) is 5.57. The van der Waals surface area contributed by atoms with E-state index in [-0.39, 0.29) is 10.9 Å². The van der Waals surface area contributed by atoms with Crippen LogP contribution in [0.1, 0.15) is 0 Å². The standard InChI is InChI=1S/C30H19O5P/c31-29-21-11-3-1-9-19(21)17-27(23-13-5-7-15-25(23)29)34-36(33)35-28-18-20-10-2-4-12-22(20)30(32)26-16-8-6-14-24(26)28/h1-18,33H. The van der Waals surface area contributed by atoms with Crippen LogP contribution in [0.3, 0.4) is 0 Å². The van der Waals surface area contributed by atoms with Gasteiger partial charge in [0.2, 0.25) is 0 Å². The van der Waals surface area contributed by atoms with Gasteiger partial charge < -0.3 is 13.9 Å². The van der Waals surface area contributed by atoms with E-state index in [1.165, 1.54) is 0 Å². The summed E-state index contributed by atoms with van der Waals surface area (Å²) in [6.45, 7) is 0. The van der Waals surface area contributed by atoms with Crippen molar-refractivity contribution in [3.05, 3.63) is 130 Å². The molecule has 0 atom stereocenters. The molecule has 0 spiro atoms. The molecular weight excluding hydrogens is 471 g/mol. The normalized spacial score (nSPS) is 11.4. The molecule has 0 aliphatic rings. The highest BCUT2D eigenvalue weighted by atomic mass is 31.2. The van der Waals surface area contributed by atoms with Crippen LogP contribution in [0.15, 0.2) is 119 Å². The second-order valence-corrected chi connectivity index (χ2v) is 9.20. The Hall–Kier alpha value is -4.31. The Morgan fingerprint density at radius 3 is 1.22 bits per heavy atom. The van der Waals surface area contributed by atoms with Crippen molar-refractivity contribution in [1.82, 2.24) is 0 Å². The topological polar surface area (TPSA) is 72.8 Å². The number of hydrogen-bond donors (Lipinski definition) is 1. The third-order valence-electron chi connectivity index (χ3n) is 6.21. The van der Waals surface area contributed by atoms with Crippen molar-refractivity contribution in [2.45, 2.75) is 0 Å². The molecule has 0 aliphatic heterocycles. The Morgan fingerprint density at radius 2 is 0.806 bits per heavy atom. The summed E-state index contributed by atoms with van der Waals surface area (Å²) in [5.74, 6) is 0.660. The lowest BCUT2D eigenvalue weighted by Gasteiger charge is -2.13. The van der Waals surface area contributed by atoms with Gasteiger partial charge in [-0.1, -0.05) is 97.1 Å². The van der Waals surface area contributed by atoms with Crippen molar-refractivity contribution in [2.75, 3.05) is 0 Å². The monoisotopic (exact) mass is 490 g/mol. The third-order valence-corrected chi connectivity index (χ3v) is 6.92. The zero-order chi connectivity index (χ0) is 24.6. The van der Waals surface area contributed by atoms with Crippen LogP contribution in [0.25, 0.3) is 43.1 Å². The van der Waals surface area contributed by atoms with E-state index in [1.807, 2.05) is 48.5 Å². The average Bonchev–Trinajstić information content (AvgIpc) is 3.10. The summed E-state index contributed by atoms with van der Waals surface area (Å²) >= 11 is 0. The molecule has 6 rings (SSSR count). The number of hydrogen-bond acceptors (Lipinski definition) is 5. The molecule has 0 bridgehead atoms. The molecule has 0 aromatic heterocycles. The molecule has 174 valence electrons. The van der Waals surface area contributed by atoms with Gasteiger partial charge in [0.1, 0.15) is 11.5 Å². The highest BCUT2D eigenvalue weighted by Gasteiger charge is 2.18. The van der Waals surface area contributed by atoms with Crippen LogP contribution in [0.4, 0.5) is 0 Å².